The van der Waals surface area contributed by atoms with Gasteiger partial charge in [-0.15, -0.1) is 0 Å². The fourth-order valence-electron chi connectivity index (χ4n) is 2.28. The van der Waals surface area contributed by atoms with Crippen molar-refractivity contribution in [1.82, 2.24) is 10.6 Å². The van der Waals surface area contributed by atoms with Gasteiger partial charge in [-0.2, -0.15) is 0 Å². The van der Waals surface area contributed by atoms with Gasteiger partial charge >= 0.3 is 6.09 Å². The van der Waals surface area contributed by atoms with Gasteiger partial charge in [-0.1, -0.05) is 64.5 Å². The molecule has 0 heterocycles. The molecule has 0 aliphatic carbocycles. The summed E-state index contributed by atoms with van der Waals surface area (Å²) in [6.07, 6.45) is -0.489. The van der Waals surface area contributed by atoms with E-state index in [1.165, 1.54) is 0 Å². The number of nitrogens with two attached hydrogens (primary N) is 1. The van der Waals surface area contributed by atoms with Crippen LogP contribution < -0.4 is 16.4 Å². The van der Waals surface area contributed by atoms with Crippen LogP contribution in [-0.4, -0.2) is 30.5 Å². The van der Waals surface area contributed by atoms with E-state index in [1.807, 2.05) is 54.6 Å². The minimum absolute atomic E-state index is 0.0975. The zero-order valence-electron chi connectivity index (χ0n) is 14.5. The third-order valence-corrected chi connectivity index (χ3v) is 4.44. The van der Waals surface area contributed by atoms with Gasteiger partial charge in [-0.25, -0.2) is 4.79 Å². The van der Waals surface area contributed by atoms with E-state index in [9.17, 15) is 14.4 Å². The van der Waals surface area contributed by atoms with Gasteiger partial charge in [0.1, 0.15) is 19.2 Å². The first-order chi connectivity index (χ1) is 13.0. The van der Waals surface area contributed by atoms with Crippen molar-refractivity contribution in [2.24, 2.45) is 5.73 Å². The summed E-state index contributed by atoms with van der Waals surface area (Å²) in [7, 11) is 0. The molecule has 4 N–H and O–H groups in total. The van der Waals surface area contributed by atoms with Crippen LogP contribution in [-0.2, 0) is 27.4 Å². The molecule has 2 rings (SSSR count). The monoisotopic (exact) mass is 433 g/mol. The molecule has 1 atom stereocenters. The van der Waals surface area contributed by atoms with E-state index in [4.69, 9.17) is 10.5 Å². The van der Waals surface area contributed by atoms with Crippen molar-refractivity contribution < 1.29 is 19.1 Å². The summed E-state index contributed by atoms with van der Waals surface area (Å²) in [6.45, 7) is -0.229. The maximum atomic E-state index is 12.0. The number of hydrogen-bond acceptors (Lipinski definition) is 4. The normalized spacial score (nSPS) is 11.3. The number of nitrogens with one attached hydrogen (secondary N) is 2. The smallest absolute Gasteiger partial charge is 0.407 e. The number of carbonyl (C=O) groups excluding carboxylic acids is 3. The van der Waals surface area contributed by atoms with Gasteiger partial charge in [0.05, 0.1) is 0 Å². The van der Waals surface area contributed by atoms with Crippen LogP contribution in [0.4, 0.5) is 4.79 Å². The van der Waals surface area contributed by atoms with Gasteiger partial charge < -0.3 is 21.1 Å². The fraction of sp³-hybridized carbons (Fsp3) is 0.211. The molecule has 0 radical (unpaired) electrons. The number of primary amides is 1. The molecule has 0 fully saturated rings. The number of amides is 3. The first-order valence-electron chi connectivity index (χ1n) is 8.22. The van der Waals surface area contributed by atoms with Crippen molar-refractivity contribution in [2.75, 3.05) is 6.54 Å². The lowest BCUT2D eigenvalue weighted by Crippen LogP contribution is -2.49. The molecule has 0 saturated carbocycles. The quantitative estimate of drug-likeness (QED) is 0.589. The lowest BCUT2D eigenvalue weighted by atomic mass is 10.1. The molecule has 0 aromatic heterocycles. The summed E-state index contributed by atoms with van der Waals surface area (Å²) in [6, 6.07) is 15.6. The summed E-state index contributed by atoms with van der Waals surface area (Å²) >= 11 is 3.39. The van der Waals surface area contributed by atoms with Crippen LogP contribution in [0.15, 0.2) is 59.1 Å². The largest absolute Gasteiger partial charge is 0.445 e. The standard InChI is InChI=1S/C19H20BrN3O4/c20-15-9-5-4-8-14(15)10-16(18(21)25)23-17(24)11-22-19(26)27-12-13-6-2-1-3-7-13/h1-9,16H,10-12H2,(H2,21,25)(H,22,26)(H,23,24)/t16-/m1/s1. The van der Waals surface area contributed by atoms with Crippen molar-refractivity contribution in [3.63, 3.8) is 0 Å². The Bertz CT molecular complexity index is 799. The first-order valence-corrected chi connectivity index (χ1v) is 9.01. The van der Waals surface area contributed by atoms with Crippen molar-refractivity contribution >= 4 is 33.8 Å². The van der Waals surface area contributed by atoms with Gasteiger partial charge in [0, 0.05) is 10.9 Å². The number of rotatable bonds is 8. The summed E-state index contributed by atoms with van der Waals surface area (Å²) in [5.74, 6) is -1.20. The minimum atomic E-state index is -0.890. The number of carbonyl (C=O) groups is 3. The molecule has 0 unspecified atom stereocenters. The molecule has 3 amide bonds. The Morgan fingerprint density at radius 3 is 2.37 bits per heavy atom. The fourth-order valence-corrected chi connectivity index (χ4v) is 2.73. The van der Waals surface area contributed by atoms with E-state index in [2.05, 4.69) is 26.6 Å². The predicted octanol–water partition coefficient (Wildman–Crippen LogP) is 1.89. The third-order valence-electron chi connectivity index (χ3n) is 3.67. The Kier molecular flexibility index (Phi) is 7.81. The van der Waals surface area contributed by atoms with Crippen LogP contribution in [0.2, 0.25) is 0 Å². The van der Waals surface area contributed by atoms with E-state index in [0.717, 1.165) is 15.6 Å². The maximum Gasteiger partial charge on any atom is 0.407 e. The van der Waals surface area contributed by atoms with Crippen molar-refractivity contribution in [1.29, 1.82) is 0 Å². The van der Waals surface area contributed by atoms with Gasteiger partial charge in [-0.3, -0.25) is 9.59 Å². The maximum absolute atomic E-state index is 12.0. The minimum Gasteiger partial charge on any atom is -0.445 e. The van der Waals surface area contributed by atoms with Crippen molar-refractivity contribution in [3.05, 3.63) is 70.2 Å². The molecule has 2 aromatic carbocycles. The Morgan fingerprint density at radius 1 is 1.04 bits per heavy atom. The van der Waals surface area contributed by atoms with Crippen LogP contribution in [0.3, 0.4) is 0 Å². The number of alkyl carbamates (subject to hydrolysis) is 1. The molecular formula is C19H20BrN3O4. The van der Waals surface area contributed by atoms with Gasteiger partial charge in [-0.05, 0) is 17.2 Å². The van der Waals surface area contributed by atoms with Gasteiger partial charge in [0.2, 0.25) is 11.8 Å². The lowest BCUT2D eigenvalue weighted by Gasteiger charge is -2.16. The molecule has 0 spiro atoms. The molecule has 0 bridgehead atoms. The highest BCUT2D eigenvalue weighted by Crippen LogP contribution is 2.17. The Morgan fingerprint density at radius 2 is 1.70 bits per heavy atom. The summed E-state index contributed by atoms with van der Waals surface area (Å²) < 4.78 is 5.83. The second kappa shape index (κ2) is 10.3. The summed E-state index contributed by atoms with van der Waals surface area (Å²) in [5, 5.41) is 4.85. The highest BCUT2D eigenvalue weighted by atomic mass is 79.9. The molecule has 0 saturated heterocycles. The Labute approximate surface area is 165 Å². The highest BCUT2D eigenvalue weighted by molar-refractivity contribution is 9.10. The number of ether oxygens (including phenoxy) is 1. The van der Waals surface area contributed by atoms with Crippen LogP contribution >= 0.6 is 15.9 Å². The van der Waals surface area contributed by atoms with Crippen LogP contribution in [0.25, 0.3) is 0 Å². The van der Waals surface area contributed by atoms with Gasteiger partial charge in [0.15, 0.2) is 0 Å². The van der Waals surface area contributed by atoms with Gasteiger partial charge in [0.25, 0.3) is 0 Å². The Hall–Kier alpha value is -2.87. The number of halogens is 1. The van der Waals surface area contributed by atoms with E-state index in [0.29, 0.717) is 0 Å². The zero-order valence-corrected chi connectivity index (χ0v) is 16.1. The van der Waals surface area contributed by atoms with E-state index >= 15 is 0 Å². The van der Waals surface area contributed by atoms with Crippen molar-refractivity contribution in [3.8, 4) is 0 Å². The molecule has 142 valence electrons. The third kappa shape index (κ3) is 7.10. The van der Waals surface area contributed by atoms with Crippen LogP contribution in [0.1, 0.15) is 11.1 Å². The second-order valence-corrected chi connectivity index (χ2v) is 6.59. The average molecular weight is 434 g/mol. The van der Waals surface area contributed by atoms with E-state index in [1.54, 1.807) is 0 Å². The highest BCUT2D eigenvalue weighted by Gasteiger charge is 2.20. The molecule has 27 heavy (non-hydrogen) atoms. The molecule has 7 nitrogen and oxygen atoms in total. The van der Waals surface area contributed by atoms with Crippen LogP contribution in [0.5, 0.6) is 0 Å². The molecule has 8 heteroatoms. The predicted molar refractivity (Wildman–Crippen MR) is 104 cm³/mol. The lowest BCUT2D eigenvalue weighted by molar-refractivity contribution is -0.126. The molecule has 2 aromatic rings. The number of benzene rings is 2. The van der Waals surface area contributed by atoms with E-state index < -0.39 is 23.9 Å². The summed E-state index contributed by atoms with van der Waals surface area (Å²) in [5.41, 5.74) is 7.03. The number of hydrogen-bond donors (Lipinski definition) is 3. The molecular weight excluding hydrogens is 414 g/mol. The Balaban J connectivity index is 1.79. The zero-order chi connectivity index (χ0) is 19.6. The molecule has 0 aliphatic rings. The second-order valence-electron chi connectivity index (χ2n) is 5.73. The molecule has 0 aliphatic heterocycles. The SMILES string of the molecule is NC(=O)[C@@H](Cc1ccccc1Br)NC(=O)CNC(=O)OCc1ccccc1. The van der Waals surface area contributed by atoms with Crippen LogP contribution in [0, 0.1) is 0 Å². The van der Waals surface area contributed by atoms with Crippen molar-refractivity contribution in [2.45, 2.75) is 19.1 Å². The van der Waals surface area contributed by atoms with E-state index in [-0.39, 0.29) is 19.6 Å². The summed E-state index contributed by atoms with van der Waals surface area (Å²) in [4.78, 5) is 35.3. The topological polar surface area (TPSA) is 111 Å². The first kappa shape index (κ1) is 20.4. The average Bonchev–Trinajstić information content (AvgIpc) is 2.66.